The lowest BCUT2D eigenvalue weighted by molar-refractivity contribution is 0.1000. The molecule has 0 spiro atoms. The average Bonchev–Trinajstić information content (AvgIpc) is 2.87. The molecule has 1 fully saturated rings. The van der Waals surface area contributed by atoms with E-state index in [9.17, 15) is 4.79 Å². The molecular weight excluding hydrogens is 466 g/mol. The van der Waals surface area contributed by atoms with Crippen molar-refractivity contribution in [3.63, 3.8) is 0 Å². The molecule has 188 valence electrons. The molecule has 1 aliphatic rings. The first-order valence-corrected chi connectivity index (χ1v) is 12.8. The highest BCUT2D eigenvalue weighted by atomic mass is 35.5. The summed E-state index contributed by atoms with van der Waals surface area (Å²) in [5.74, 6) is -0.328. The molecule has 0 aromatic heterocycles. The number of nitrogens with zero attached hydrogens (tertiary/aromatic N) is 1. The molecule has 1 saturated heterocycles. The van der Waals surface area contributed by atoms with Crippen molar-refractivity contribution in [1.29, 1.82) is 0 Å². The number of benzene rings is 4. The molecule has 0 aliphatic carbocycles. The Morgan fingerprint density at radius 3 is 2.28 bits per heavy atom. The van der Waals surface area contributed by atoms with Gasteiger partial charge in [0.2, 0.25) is 0 Å². The van der Waals surface area contributed by atoms with Crippen molar-refractivity contribution >= 4 is 45.5 Å². The lowest BCUT2D eigenvalue weighted by atomic mass is 9.83. The minimum Gasteiger partial charge on any atom is -0.368 e. The minimum atomic E-state index is -0.328. The van der Waals surface area contributed by atoms with E-state index in [1.807, 2.05) is 0 Å². The third-order valence-electron chi connectivity index (χ3n) is 7.59. The normalized spacial score (nSPS) is 13.7. The molecule has 0 unspecified atom stereocenters. The molecular formula is C31H36ClN3O. The molecule has 5 rings (SSSR count). The molecule has 0 saturated carbocycles. The highest BCUT2D eigenvalue weighted by Crippen LogP contribution is 2.46. The molecule has 5 heteroatoms. The molecule has 1 amide bonds. The molecule has 1 heterocycles. The van der Waals surface area contributed by atoms with Crippen molar-refractivity contribution in [3.05, 3.63) is 76.9 Å². The van der Waals surface area contributed by atoms with E-state index in [4.69, 9.17) is 5.73 Å². The van der Waals surface area contributed by atoms with Crippen LogP contribution in [0.1, 0.15) is 46.8 Å². The number of aryl methyl sites for hydroxylation is 2. The summed E-state index contributed by atoms with van der Waals surface area (Å²) in [5.41, 5.74) is 13.9. The fourth-order valence-electron chi connectivity index (χ4n) is 5.60. The largest absolute Gasteiger partial charge is 0.368 e. The number of nitrogens with one attached hydrogen (secondary N) is 1. The Balaban J connectivity index is 0.00000304. The Labute approximate surface area is 220 Å². The SMILES string of the molecule is CCCCc1c(C(N)=O)c(N2CCNCC2)c(-c2cccc(C)c2C)c2cc3ccccc3cc12.Cl. The number of hydrogen-bond acceptors (Lipinski definition) is 3. The summed E-state index contributed by atoms with van der Waals surface area (Å²) in [4.78, 5) is 15.7. The standard InChI is InChI=1S/C31H35N3O.ClH/c1-4-5-12-25-26-18-22-10-6-7-11-23(22)19-27(26)28(24-13-8-9-20(2)21(24)3)30(29(25)31(32)35)34-16-14-33-15-17-34;/h6-11,13,18-19,33H,4-5,12,14-17H2,1-3H3,(H2,32,35);1H. The average molecular weight is 502 g/mol. The Morgan fingerprint density at radius 2 is 1.64 bits per heavy atom. The summed E-state index contributed by atoms with van der Waals surface area (Å²) in [6.07, 6.45) is 2.93. The lowest BCUT2D eigenvalue weighted by Crippen LogP contribution is -2.44. The van der Waals surface area contributed by atoms with Gasteiger partial charge in [-0.15, -0.1) is 12.4 Å². The molecule has 0 bridgehead atoms. The molecule has 3 N–H and O–H groups in total. The second-order valence-electron chi connectivity index (χ2n) is 9.77. The predicted octanol–water partition coefficient (Wildman–Crippen LogP) is 6.55. The quantitative estimate of drug-likeness (QED) is 0.294. The maximum absolute atomic E-state index is 13.3. The fourth-order valence-corrected chi connectivity index (χ4v) is 5.60. The third kappa shape index (κ3) is 4.56. The Kier molecular flexibility index (Phi) is 7.87. The first kappa shape index (κ1) is 26.0. The second kappa shape index (κ2) is 10.9. The molecule has 4 nitrogen and oxygen atoms in total. The summed E-state index contributed by atoms with van der Waals surface area (Å²) < 4.78 is 0. The zero-order chi connectivity index (χ0) is 24.5. The van der Waals surface area contributed by atoms with Crippen molar-refractivity contribution in [2.75, 3.05) is 31.1 Å². The molecule has 0 radical (unpaired) electrons. The highest BCUT2D eigenvalue weighted by molar-refractivity contribution is 6.17. The first-order chi connectivity index (χ1) is 17.0. The summed E-state index contributed by atoms with van der Waals surface area (Å²) in [6.45, 7) is 10.0. The van der Waals surface area contributed by atoms with Gasteiger partial charge in [0.25, 0.3) is 5.91 Å². The summed E-state index contributed by atoms with van der Waals surface area (Å²) in [6, 6.07) is 19.6. The lowest BCUT2D eigenvalue weighted by Gasteiger charge is -2.35. The Hall–Kier alpha value is -3.08. The molecule has 4 aromatic rings. The van der Waals surface area contributed by atoms with Crippen LogP contribution in [0.4, 0.5) is 5.69 Å². The van der Waals surface area contributed by atoms with Gasteiger partial charge in [0.05, 0.1) is 11.3 Å². The first-order valence-electron chi connectivity index (χ1n) is 12.8. The van der Waals surface area contributed by atoms with E-state index in [-0.39, 0.29) is 18.3 Å². The summed E-state index contributed by atoms with van der Waals surface area (Å²) in [5, 5.41) is 8.23. The second-order valence-corrected chi connectivity index (χ2v) is 9.77. The van der Waals surface area contributed by atoms with Gasteiger partial charge in [0, 0.05) is 31.7 Å². The van der Waals surface area contributed by atoms with Crippen LogP contribution < -0.4 is 16.0 Å². The van der Waals surface area contributed by atoms with Crippen molar-refractivity contribution < 1.29 is 4.79 Å². The van der Waals surface area contributed by atoms with Crippen molar-refractivity contribution in [2.24, 2.45) is 5.73 Å². The number of primary amides is 1. The number of hydrogen-bond donors (Lipinski definition) is 2. The minimum absolute atomic E-state index is 0. The van der Waals surface area contributed by atoms with Crippen LogP contribution >= 0.6 is 12.4 Å². The monoisotopic (exact) mass is 501 g/mol. The smallest absolute Gasteiger partial charge is 0.251 e. The summed E-state index contributed by atoms with van der Waals surface area (Å²) in [7, 11) is 0. The number of carbonyl (C=O) groups is 1. The zero-order valence-corrected chi connectivity index (χ0v) is 22.3. The molecule has 4 aromatic carbocycles. The number of nitrogens with two attached hydrogens (primary N) is 1. The van der Waals surface area contributed by atoms with Gasteiger partial charge in [0.1, 0.15) is 0 Å². The fraction of sp³-hybridized carbons (Fsp3) is 0.323. The van der Waals surface area contributed by atoms with Crippen LogP contribution in [0.25, 0.3) is 32.7 Å². The van der Waals surface area contributed by atoms with Crippen LogP contribution in [-0.4, -0.2) is 32.1 Å². The van der Waals surface area contributed by atoms with Gasteiger partial charge in [0.15, 0.2) is 0 Å². The maximum Gasteiger partial charge on any atom is 0.251 e. The van der Waals surface area contributed by atoms with E-state index in [1.54, 1.807) is 0 Å². The van der Waals surface area contributed by atoms with E-state index in [0.29, 0.717) is 5.56 Å². The highest BCUT2D eigenvalue weighted by Gasteiger charge is 2.28. The molecule has 1 aliphatic heterocycles. The van der Waals surface area contributed by atoms with Gasteiger partial charge >= 0.3 is 0 Å². The van der Waals surface area contributed by atoms with E-state index in [2.05, 4.69) is 85.6 Å². The number of piperazine rings is 1. The van der Waals surface area contributed by atoms with Crippen LogP contribution in [0.2, 0.25) is 0 Å². The number of halogens is 1. The van der Waals surface area contributed by atoms with Gasteiger partial charge in [-0.25, -0.2) is 0 Å². The molecule has 36 heavy (non-hydrogen) atoms. The topological polar surface area (TPSA) is 58.4 Å². The van der Waals surface area contributed by atoms with Gasteiger partial charge in [-0.2, -0.15) is 0 Å². The van der Waals surface area contributed by atoms with Gasteiger partial charge in [-0.3, -0.25) is 4.79 Å². The number of unbranched alkanes of at least 4 members (excludes halogenated alkanes) is 1. The van der Waals surface area contributed by atoms with E-state index >= 15 is 0 Å². The number of anilines is 1. The zero-order valence-electron chi connectivity index (χ0n) is 21.5. The van der Waals surface area contributed by atoms with E-state index in [1.165, 1.54) is 32.8 Å². The van der Waals surface area contributed by atoms with Crippen molar-refractivity contribution in [1.82, 2.24) is 5.32 Å². The molecule has 0 atom stereocenters. The van der Waals surface area contributed by atoms with Crippen molar-refractivity contribution in [2.45, 2.75) is 40.0 Å². The number of amides is 1. The Morgan fingerprint density at radius 1 is 0.972 bits per heavy atom. The van der Waals surface area contributed by atoms with Gasteiger partial charge in [-0.05, 0) is 82.6 Å². The van der Waals surface area contributed by atoms with Crippen LogP contribution in [0.15, 0.2) is 54.6 Å². The van der Waals surface area contributed by atoms with Crippen LogP contribution in [0.3, 0.4) is 0 Å². The summed E-state index contributed by atoms with van der Waals surface area (Å²) >= 11 is 0. The van der Waals surface area contributed by atoms with Crippen LogP contribution in [-0.2, 0) is 6.42 Å². The maximum atomic E-state index is 13.3. The van der Waals surface area contributed by atoms with Gasteiger partial charge in [-0.1, -0.05) is 55.8 Å². The number of fused-ring (bicyclic) bond motifs is 2. The van der Waals surface area contributed by atoms with Crippen molar-refractivity contribution in [3.8, 4) is 11.1 Å². The van der Waals surface area contributed by atoms with Gasteiger partial charge < -0.3 is 16.0 Å². The number of carbonyl (C=O) groups excluding carboxylic acids is 1. The van der Waals surface area contributed by atoms with Crippen LogP contribution in [0, 0.1) is 13.8 Å². The van der Waals surface area contributed by atoms with E-state index in [0.717, 1.165) is 67.6 Å². The van der Waals surface area contributed by atoms with Crippen LogP contribution in [0.5, 0.6) is 0 Å². The number of rotatable bonds is 6. The van der Waals surface area contributed by atoms with E-state index < -0.39 is 0 Å². The predicted molar refractivity (Wildman–Crippen MR) is 156 cm³/mol. The Bertz CT molecular complexity index is 1420. The third-order valence-corrected chi connectivity index (χ3v) is 7.59.